The van der Waals surface area contributed by atoms with E-state index in [2.05, 4.69) is 10.2 Å². The lowest BCUT2D eigenvalue weighted by Crippen LogP contribution is -2.29. The predicted molar refractivity (Wildman–Crippen MR) is 112 cm³/mol. The summed E-state index contributed by atoms with van der Waals surface area (Å²) in [4.78, 5) is 20.6. The van der Waals surface area contributed by atoms with Crippen molar-refractivity contribution in [1.29, 1.82) is 0 Å². The molecule has 3 heterocycles. The summed E-state index contributed by atoms with van der Waals surface area (Å²) in [6.45, 7) is 6.07. The fourth-order valence-corrected chi connectivity index (χ4v) is 5.05. The number of piperidine rings is 1. The number of benzene rings is 1. The second-order valence-corrected chi connectivity index (χ2v) is 8.65. The molecule has 0 bridgehead atoms. The van der Waals surface area contributed by atoms with E-state index in [9.17, 15) is 4.79 Å². The number of thiazole rings is 1. The van der Waals surface area contributed by atoms with Crippen LogP contribution in [0.3, 0.4) is 0 Å². The summed E-state index contributed by atoms with van der Waals surface area (Å²) in [5.74, 6) is 2.13. The molecule has 2 aromatic rings. The number of aromatic nitrogens is 1. The van der Waals surface area contributed by atoms with Gasteiger partial charge in [-0.05, 0) is 50.8 Å². The lowest BCUT2D eigenvalue weighted by Gasteiger charge is -2.25. The van der Waals surface area contributed by atoms with Crippen LogP contribution in [-0.4, -0.2) is 37.2 Å². The molecule has 2 aliphatic rings. The Labute approximate surface area is 169 Å². The van der Waals surface area contributed by atoms with Crippen molar-refractivity contribution in [3.63, 3.8) is 0 Å². The Bertz CT molecular complexity index is 859. The maximum Gasteiger partial charge on any atom is 0.226 e. The molecular weight excluding hydrogens is 374 g/mol. The van der Waals surface area contributed by atoms with E-state index in [0.717, 1.165) is 28.7 Å². The van der Waals surface area contributed by atoms with Gasteiger partial charge in [-0.1, -0.05) is 17.4 Å². The van der Waals surface area contributed by atoms with Crippen LogP contribution in [0.4, 0.5) is 10.9 Å². The van der Waals surface area contributed by atoms with Gasteiger partial charge in [0.05, 0.1) is 18.1 Å². The lowest BCUT2D eigenvalue weighted by molar-refractivity contribution is -0.116. The van der Waals surface area contributed by atoms with Gasteiger partial charge in [-0.25, -0.2) is 4.98 Å². The van der Waals surface area contributed by atoms with Crippen LogP contribution in [0, 0.1) is 0 Å². The average molecular weight is 402 g/mol. The number of anilines is 2. The Balaban J connectivity index is 1.69. The zero-order valence-electron chi connectivity index (χ0n) is 16.7. The summed E-state index contributed by atoms with van der Waals surface area (Å²) >= 11 is 1.70. The molecule has 2 aliphatic heterocycles. The quantitative estimate of drug-likeness (QED) is 0.804. The van der Waals surface area contributed by atoms with E-state index in [1.165, 1.54) is 19.3 Å². The SMILES string of the molecule is COc1ccc([C@@H]2CC(=O)Nc3nc(N4CCCCC4)sc32)cc1OC(C)C. The second kappa shape index (κ2) is 7.99. The molecule has 1 aromatic carbocycles. The molecule has 28 heavy (non-hydrogen) atoms. The van der Waals surface area contributed by atoms with E-state index < -0.39 is 0 Å². The van der Waals surface area contributed by atoms with Gasteiger partial charge in [0.2, 0.25) is 5.91 Å². The van der Waals surface area contributed by atoms with Gasteiger partial charge in [0, 0.05) is 25.4 Å². The summed E-state index contributed by atoms with van der Waals surface area (Å²) in [6.07, 6.45) is 4.15. The average Bonchev–Trinajstić information content (AvgIpc) is 3.11. The number of ether oxygens (including phenoxy) is 2. The normalized spacial score (nSPS) is 19.4. The molecular formula is C21H27N3O3S. The summed E-state index contributed by atoms with van der Waals surface area (Å²) in [5, 5.41) is 3.98. The molecule has 0 aliphatic carbocycles. The van der Waals surface area contributed by atoms with Crippen LogP contribution in [0.5, 0.6) is 11.5 Å². The maximum atomic E-state index is 12.4. The number of nitrogens with one attached hydrogen (secondary N) is 1. The third kappa shape index (κ3) is 3.81. The minimum atomic E-state index is -0.0137. The van der Waals surface area contributed by atoms with Crippen molar-refractivity contribution in [2.75, 3.05) is 30.4 Å². The Hall–Kier alpha value is -2.28. The van der Waals surface area contributed by atoms with Gasteiger partial charge >= 0.3 is 0 Å². The fraction of sp³-hybridized carbons (Fsp3) is 0.524. The topological polar surface area (TPSA) is 63.7 Å². The molecule has 0 spiro atoms. The van der Waals surface area contributed by atoms with Crippen molar-refractivity contribution in [3.8, 4) is 11.5 Å². The fourth-order valence-electron chi connectivity index (χ4n) is 3.85. The highest BCUT2D eigenvalue weighted by atomic mass is 32.1. The van der Waals surface area contributed by atoms with E-state index in [4.69, 9.17) is 14.5 Å². The molecule has 6 nitrogen and oxygen atoms in total. The van der Waals surface area contributed by atoms with E-state index >= 15 is 0 Å². The Morgan fingerprint density at radius 1 is 1.21 bits per heavy atom. The smallest absolute Gasteiger partial charge is 0.226 e. The van der Waals surface area contributed by atoms with Crippen LogP contribution in [-0.2, 0) is 4.79 Å². The first-order valence-electron chi connectivity index (χ1n) is 9.95. The standard InChI is InChI=1S/C21H27N3O3S/c1-13(2)27-17-11-14(7-8-16(17)26-3)15-12-18(25)22-20-19(15)28-21(23-20)24-9-5-4-6-10-24/h7-8,11,13,15H,4-6,9-10,12H2,1-3H3,(H,22,25)/t15-/m0/s1. The predicted octanol–water partition coefficient (Wildman–Crippen LogP) is 4.40. The van der Waals surface area contributed by atoms with E-state index in [-0.39, 0.29) is 17.9 Å². The minimum absolute atomic E-state index is 0.00939. The van der Waals surface area contributed by atoms with Crippen molar-refractivity contribution < 1.29 is 14.3 Å². The maximum absolute atomic E-state index is 12.4. The summed E-state index contributed by atoms with van der Waals surface area (Å²) in [7, 11) is 1.64. The van der Waals surface area contributed by atoms with Gasteiger partial charge in [-0.15, -0.1) is 0 Å². The molecule has 1 N–H and O–H groups in total. The number of nitrogens with zero attached hydrogens (tertiary/aromatic N) is 2. The lowest BCUT2D eigenvalue weighted by atomic mass is 9.91. The first kappa shape index (κ1) is 19.1. The number of fused-ring (bicyclic) bond motifs is 1. The molecule has 1 atom stereocenters. The summed E-state index contributed by atoms with van der Waals surface area (Å²) in [6, 6.07) is 5.96. The monoisotopic (exact) mass is 401 g/mol. The van der Waals surface area contributed by atoms with Crippen LogP contribution in [0.15, 0.2) is 18.2 Å². The first-order valence-corrected chi connectivity index (χ1v) is 10.8. The van der Waals surface area contributed by atoms with E-state index in [0.29, 0.717) is 23.7 Å². The van der Waals surface area contributed by atoms with Crippen LogP contribution in [0.1, 0.15) is 55.9 Å². The Morgan fingerprint density at radius 2 is 2.00 bits per heavy atom. The van der Waals surface area contributed by atoms with Crippen LogP contribution >= 0.6 is 11.3 Å². The van der Waals surface area contributed by atoms with Gasteiger partial charge < -0.3 is 19.7 Å². The molecule has 1 amide bonds. The third-order valence-electron chi connectivity index (χ3n) is 5.19. The highest BCUT2D eigenvalue weighted by Crippen LogP contribution is 2.45. The molecule has 4 rings (SSSR count). The van der Waals surface area contributed by atoms with Crippen LogP contribution < -0.4 is 19.7 Å². The number of hydrogen-bond donors (Lipinski definition) is 1. The minimum Gasteiger partial charge on any atom is -0.493 e. The number of carbonyl (C=O) groups excluding carboxylic acids is 1. The molecule has 0 unspecified atom stereocenters. The zero-order valence-corrected chi connectivity index (χ0v) is 17.5. The summed E-state index contributed by atoms with van der Waals surface area (Å²) < 4.78 is 11.4. The van der Waals surface area contributed by atoms with Crippen molar-refractivity contribution in [1.82, 2.24) is 4.98 Å². The molecule has 0 radical (unpaired) electrons. The number of rotatable bonds is 5. The van der Waals surface area contributed by atoms with Crippen LogP contribution in [0.25, 0.3) is 0 Å². The van der Waals surface area contributed by atoms with E-state index in [1.54, 1.807) is 18.4 Å². The van der Waals surface area contributed by atoms with E-state index in [1.807, 2.05) is 32.0 Å². The highest BCUT2D eigenvalue weighted by Gasteiger charge is 2.32. The third-order valence-corrected chi connectivity index (χ3v) is 6.42. The molecule has 0 saturated carbocycles. The number of amides is 1. The largest absolute Gasteiger partial charge is 0.493 e. The van der Waals surface area contributed by atoms with Crippen molar-refractivity contribution in [2.45, 2.75) is 51.6 Å². The first-order chi connectivity index (χ1) is 13.5. The van der Waals surface area contributed by atoms with Crippen molar-refractivity contribution >= 4 is 28.2 Å². The number of hydrogen-bond acceptors (Lipinski definition) is 6. The molecule has 1 saturated heterocycles. The van der Waals surface area contributed by atoms with Gasteiger partial charge in [0.25, 0.3) is 0 Å². The van der Waals surface area contributed by atoms with Crippen LogP contribution in [0.2, 0.25) is 0 Å². The molecule has 1 fully saturated rings. The van der Waals surface area contributed by atoms with Gasteiger partial charge in [0.1, 0.15) is 5.82 Å². The zero-order chi connectivity index (χ0) is 19.7. The van der Waals surface area contributed by atoms with Crippen molar-refractivity contribution in [3.05, 3.63) is 28.6 Å². The molecule has 7 heteroatoms. The molecule has 1 aromatic heterocycles. The molecule has 150 valence electrons. The van der Waals surface area contributed by atoms with Gasteiger partial charge in [-0.3, -0.25) is 4.79 Å². The highest BCUT2D eigenvalue weighted by molar-refractivity contribution is 7.16. The summed E-state index contributed by atoms with van der Waals surface area (Å²) in [5.41, 5.74) is 1.06. The van der Waals surface area contributed by atoms with Crippen molar-refractivity contribution in [2.24, 2.45) is 0 Å². The Kier molecular flexibility index (Phi) is 5.44. The van der Waals surface area contributed by atoms with Gasteiger partial charge in [0.15, 0.2) is 16.6 Å². The van der Waals surface area contributed by atoms with Gasteiger partial charge in [-0.2, -0.15) is 0 Å². The number of carbonyl (C=O) groups is 1. The number of methoxy groups -OCH3 is 1. The second-order valence-electron chi connectivity index (χ2n) is 7.64. The Morgan fingerprint density at radius 3 is 2.71 bits per heavy atom.